The fourth-order valence-electron chi connectivity index (χ4n) is 11.4. The minimum Gasteiger partial charge on any atom is -0.311 e. The van der Waals surface area contributed by atoms with Crippen LogP contribution < -0.4 is 31.1 Å². The second kappa shape index (κ2) is 18.0. The molecule has 72 heavy (non-hydrogen) atoms. The maximum absolute atomic E-state index is 2.66. The largest absolute Gasteiger partial charge is 0.311 e. The van der Waals surface area contributed by atoms with Crippen LogP contribution in [0.25, 0.3) is 27.8 Å². The molecule has 9 aromatic carbocycles. The van der Waals surface area contributed by atoms with Gasteiger partial charge in [0.25, 0.3) is 6.71 Å². The third-order valence-corrected chi connectivity index (χ3v) is 14.9. The van der Waals surface area contributed by atoms with Gasteiger partial charge in [-0.15, -0.1) is 0 Å². The number of hydrogen-bond acceptors (Lipinski definition) is 3. The average Bonchev–Trinajstić information content (AvgIpc) is 3.41. The van der Waals surface area contributed by atoms with Gasteiger partial charge in [-0.2, -0.15) is 0 Å². The van der Waals surface area contributed by atoms with Gasteiger partial charge in [0, 0.05) is 50.8 Å². The minimum absolute atomic E-state index is 0.0812. The lowest BCUT2D eigenvalue weighted by Crippen LogP contribution is -2.61. The number of para-hydroxylation sites is 4. The standard InChI is InChI=1S/C68H60BN3/c1-67(2,3)50-39-41-61-58(43-50)69-59-44-51(68(4,5)6)40-42-62(59)72(66-56(48-27-14-8-15-28-48)36-24-37-57(66)49-29-16-9-17-30-49)64-46-54(70(52-31-18-10-19-32-52)53-33-20-11-21-34-53)45-63(65(64)69)71(61)60-38-23-22-35-55(60)47-25-12-7-13-26-47/h7-8,10-16,18-46H,9,17H2,1-6H3. The first-order valence-electron chi connectivity index (χ1n) is 25.7. The Bertz CT molecular complexity index is 3510. The van der Waals surface area contributed by atoms with E-state index in [-0.39, 0.29) is 17.5 Å². The van der Waals surface area contributed by atoms with E-state index in [1.54, 1.807) is 0 Å². The Hall–Kier alpha value is -8.08. The van der Waals surface area contributed by atoms with E-state index in [9.17, 15) is 0 Å². The van der Waals surface area contributed by atoms with Crippen LogP contribution >= 0.6 is 0 Å². The summed E-state index contributed by atoms with van der Waals surface area (Å²) in [6.45, 7) is 14.0. The number of anilines is 9. The molecule has 3 nitrogen and oxygen atoms in total. The van der Waals surface area contributed by atoms with Gasteiger partial charge in [-0.05, 0) is 122 Å². The number of benzene rings is 9. The van der Waals surface area contributed by atoms with E-state index < -0.39 is 0 Å². The summed E-state index contributed by atoms with van der Waals surface area (Å²) in [6, 6.07) is 79.4. The summed E-state index contributed by atoms with van der Waals surface area (Å²) in [6.07, 6.45) is 9.18. The van der Waals surface area contributed by atoms with Crippen LogP contribution in [-0.4, -0.2) is 6.71 Å². The zero-order chi connectivity index (χ0) is 49.1. The van der Waals surface area contributed by atoms with Crippen molar-refractivity contribution in [3.05, 3.63) is 247 Å². The van der Waals surface area contributed by atoms with Crippen LogP contribution in [0.4, 0.5) is 51.2 Å². The van der Waals surface area contributed by atoms with Gasteiger partial charge in [-0.3, -0.25) is 0 Å². The first-order valence-corrected chi connectivity index (χ1v) is 25.7. The molecule has 0 unspecified atom stereocenters. The molecule has 350 valence electrons. The van der Waals surface area contributed by atoms with Gasteiger partial charge < -0.3 is 14.7 Å². The maximum Gasteiger partial charge on any atom is 0.252 e. The van der Waals surface area contributed by atoms with Crippen molar-refractivity contribution >= 4 is 79.9 Å². The minimum atomic E-state index is -0.0884. The van der Waals surface area contributed by atoms with E-state index in [2.05, 4.69) is 287 Å². The molecule has 9 aromatic rings. The van der Waals surface area contributed by atoms with Crippen molar-refractivity contribution in [3.8, 4) is 22.3 Å². The number of fused-ring (bicyclic) bond motifs is 4. The lowest BCUT2D eigenvalue weighted by Gasteiger charge is -2.46. The molecule has 0 N–H and O–H groups in total. The summed E-state index contributed by atoms with van der Waals surface area (Å²) < 4.78 is 0. The fraction of sp³-hybridized carbons (Fsp3) is 0.147. The molecule has 0 amide bonds. The highest BCUT2D eigenvalue weighted by Crippen LogP contribution is 2.53. The van der Waals surface area contributed by atoms with Crippen molar-refractivity contribution in [3.63, 3.8) is 0 Å². The van der Waals surface area contributed by atoms with Crippen LogP contribution in [0.1, 0.15) is 71.1 Å². The molecule has 0 radical (unpaired) electrons. The van der Waals surface area contributed by atoms with E-state index in [1.165, 1.54) is 83.7 Å². The molecule has 2 aliphatic heterocycles. The van der Waals surface area contributed by atoms with E-state index in [0.29, 0.717) is 0 Å². The van der Waals surface area contributed by atoms with E-state index >= 15 is 0 Å². The summed E-state index contributed by atoms with van der Waals surface area (Å²) in [5.41, 5.74) is 23.9. The summed E-state index contributed by atoms with van der Waals surface area (Å²) >= 11 is 0. The molecule has 3 aliphatic rings. The Kier molecular flexibility index (Phi) is 11.2. The van der Waals surface area contributed by atoms with Crippen LogP contribution in [0.2, 0.25) is 0 Å². The Morgan fingerprint density at radius 1 is 0.403 bits per heavy atom. The van der Waals surface area contributed by atoms with Gasteiger partial charge in [-0.1, -0.05) is 217 Å². The smallest absolute Gasteiger partial charge is 0.252 e. The second-order valence-electron chi connectivity index (χ2n) is 21.6. The van der Waals surface area contributed by atoms with Crippen molar-refractivity contribution in [2.24, 2.45) is 0 Å². The Morgan fingerprint density at radius 2 is 0.889 bits per heavy atom. The molecule has 0 spiro atoms. The molecule has 2 heterocycles. The molecule has 0 saturated heterocycles. The van der Waals surface area contributed by atoms with E-state index in [0.717, 1.165) is 41.3 Å². The molecule has 0 bridgehead atoms. The molecule has 12 rings (SSSR count). The van der Waals surface area contributed by atoms with Crippen molar-refractivity contribution in [1.82, 2.24) is 0 Å². The van der Waals surface area contributed by atoms with Gasteiger partial charge in [0.1, 0.15) is 0 Å². The molecule has 0 saturated carbocycles. The lowest BCUT2D eigenvalue weighted by molar-refractivity contribution is 0.590. The average molecular weight is 930 g/mol. The Labute approximate surface area is 427 Å². The van der Waals surface area contributed by atoms with E-state index in [4.69, 9.17) is 0 Å². The van der Waals surface area contributed by atoms with Crippen LogP contribution in [0.15, 0.2) is 231 Å². The fourth-order valence-corrected chi connectivity index (χ4v) is 11.4. The second-order valence-corrected chi connectivity index (χ2v) is 21.6. The molecular weight excluding hydrogens is 870 g/mol. The summed E-state index contributed by atoms with van der Waals surface area (Å²) in [4.78, 5) is 7.71. The summed E-state index contributed by atoms with van der Waals surface area (Å²) in [5.74, 6) is 0. The van der Waals surface area contributed by atoms with Crippen LogP contribution in [0.3, 0.4) is 0 Å². The first-order chi connectivity index (χ1) is 35.0. The predicted molar refractivity (Wildman–Crippen MR) is 310 cm³/mol. The van der Waals surface area contributed by atoms with Crippen LogP contribution in [-0.2, 0) is 10.8 Å². The van der Waals surface area contributed by atoms with Crippen molar-refractivity contribution in [2.45, 2.75) is 65.2 Å². The Morgan fingerprint density at radius 3 is 1.44 bits per heavy atom. The van der Waals surface area contributed by atoms with Gasteiger partial charge in [-0.25, -0.2) is 0 Å². The van der Waals surface area contributed by atoms with Gasteiger partial charge in [0.2, 0.25) is 0 Å². The van der Waals surface area contributed by atoms with Gasteiger partial charge in [0.05, 0.1) is 17.1 Å². The Balaban J connectivity index is 1.28. The van der Waals surface area contributed by atoms with Crippen molar-refractivity contribution in [2.75, 3.05) is 14.7 Å². The van der Waals surface area contributed by atoms with Crippen molar-refractivity contribution < 1.29 is 0 Å². The molecule has 0 aromatic heterocycles. The molecule has 4 heteroatoms. The number of nitrogens with zero attached hydrogens (tertiary/aromatic N) is 3. The summed E-state index contributed by atoms with van der Waals surface area (Å²) in [7, 11) is 0. The van der Waals surface area contributed by atoms with Gasteiger partial charge in [0.15, 0.2) is 0 Å². The number of allylic oxidation sites excluding steroid dienone is 4. The topological polar surface area (TPSA) is 9.72 Å². The molecule has 0 fully saturated rings. The van der Waals surface area contributed by atoms with E-state index in [1.807, 2.05) is 0 Å². The third-order valence-electron chi connectivity index (χ3n) is 14.9. The van der Waals surface area contributed by atoms with Crippen LogP contribution in [0.5, 0.6) is 0 Å². The monoisotopic (exact) mass is 929 g/mol. The highest BCUT2D eigenvalue weighted by atomic mass is 15.2. The number of rotatable bonds is 8. The predicted octanol–water partition coefficient (Wildman–Crippen LogP) is 16.9. The maximum atomic E-state index is 2.66. The SMILES string of the molecule is CC(C)(C)c1ccc2c(c1)B1c3cc(C(C)(C)C)ccc3N(c3c(C4=CCCC=C4)cccc3-c3ccccc3)c3cc(N(c4ccccc4)c4ccccc4)cc(c31)N2c1ccccc1-c1ccccc1. The first kappa shape index (κ1) is 45.1. The molecular formula is C68H60BN3. The molecule has 0 atom stereocenters. The van der Waals surface area contributed by atoms with Gasteiger partial charge >= 0.3 is 0 Å². The normalized spacial score (nSPS) is 13.8. The summed E-state index contributed by atoms with van der Waals surface area (Å²) in [5, 5.41) is 0. The quantitative estimate of drug-likeness (QED) is 0.141. The highest BCUT2D eigenvalue weighted by Gasteiger charge is 2.46. The molecule has 1 aliphatic carbocycles. The zero-order valence-electron chi connectivity index (χ0n) is 42.3. The van der Waals surface area contributed by atoms with Crippen LogP contribution in [0, 0.1) is 0 Å². The highest BCUT2D eigenvalue weighted by molar-refractivity contribution is 7.00. The zero-order valence-corrected chi connectivity index (χ0v) is 42.3. The number of hydrogen-bond donors (Lipinski definition) is 0. The lowest BCUT2D eigenvalue weighted by atomic mass is 9.33. The third kappa shape index (κ3) is 7.87. The van der Waals surface area contributed by atoms with Crippen molar-refractivity contribution in [1.29, 1.82) is 0 Å².